The van der Waals surface area contributed by atoms with Gasteiger partial charge >= 0.3 is 5.97 Å². The van der Waals surface area contributed by atoms with Crippen LogP contribution in [-0.2, 0) is 14.3 Å². The number of rotatable bonds is 4. The maximum Gasteiger partial charge on any atom is 0.322 e. The van der Waals surface area contributed by atoms with E-state index >= 15 is 0 Å². The van der Waals surface area contributed by atoms with E-state index in [0.717, 1.165) is 4.47 Å². The van der Waals surface area contributed by atoms with Crippen molar-refractivity contribution in [3.63, 3.8) is 0 Å². The number of methoxy groups -OCH3 is 1. The van der Waals surface area contributed by atoms with Gasteiger partial charge in [0.2, 0.25) is 5.78 Å². The monoisotopic (exact) mass is 365 g/mol. The number of Topliss-reactive ketones (excluding diaryl/α,β-unsaturated/α-hetero) is 1. The zero-order chi connectivity index (χ0) is 16.3. The molecule has 0 bridgehead atoms. The van der Waals surface area contributed by atoms with Crippen LogP contribution in [0.4, 0.5) is 0 Å². The van der Waals surface area contributed by atoms with E-state index < -0.39 is 11.9 Å². The van der Waals surface area contributed by atoms with E-state index in [1.54, 1.807) is 33.1 Å². The van der Waals surface area contributed by atoms with Crippen LogP contribution in [0.25, 0.3) is 6.08 Å². The third-order valence-electron chi connectivity index (χ3n) is 3.24. The quantitative estimate of drug-likeness (QED) is 0.467. The van der Waals surface area contributed by atoms with Crippen molar-refractivity contribution in [2.24, 2.45) is 10.9 Å². The van der Waals surface area contributed by atoms with Crippen LogP contribution < -0.4 is 4.74 Å². The van der Waals surface area contributed by atoms with Gasteiger partial charge < -0.3 is 9.47 Å². The molecule has 1 aromatic rings. The molecule has 0 aliphatic carbocycles. The molecule has 1 aliphatic heterocycles. The van der Waals surface area contributed by atoms with Crippen LogP contribution in [0.1, 0.15) is 19.4 Å². The average Bonchev–Trinajstić information content (AvgIpc) is 2.74. The van der Waals surface area contributed by atoms with E-state index in [1.165, 1.54) is 0 Å². The number of aliphatic imine (C=N–C) groups is 1. The van der Waals surface area contributed by atoms with E-state index in [9.17, 15) is 9.59 Å². The summed E-state index contributed by atoms with van der Waals surface area (Å²) in [7, 11) is 1.55. The molecule has 0 saturated carbocycles. The Morgan fingerprint density at radius 3 is 2.82 bits per heavy atom. The highest BCUT2D eigenvalue weighted by Crippen LogP contribution is 2.29. The highest BCUT2D eigenvalue weighted by atomic mass is 79.9. The highest BCUT2D eigenvalue weighted by molar-refractivity contribution is 9.10. The number of carbonyl (C=O) groups excluding carboxylic acids is 2. The van der Waals surface area contributed by atoms with Crippen molar-refractivity contribution in [3.05, 3.63) is 33.9 Å². The zero-order valence-corrected chi connectivity index (χ0v) is 14.1. The number of allylic oxidation sites excluding steroid dienone is 1. The molecule has 116 valence electrons. The number of nitrogens with zero attached hydrogens (tertiary/aromatic N) is 1. The van der Waals surface area contributed by atoms with Gasteiger partial charge in [-0.3, -0.25) is 14.6 Å². The fourth-order valence-electron chi connectivity index (χ4n) is 2.22. The number of halogens is 1. The van der Waals surface area contributed by atoms with Crippen molar-refractivity contribution in [1.29, 1.82) is 0 Å². The molecular formula is C16H16BrNO4. The van der Waals surface area contributed by atoms with Gasteiger partial charge in [-0.25, -0.2) is 0 Å². The van der Waals surface area contributed by atoms with Crippen LogP contribution in [0.3, 0.4) is 0 Å². The summed E-state index contributed by atoms with van der Waals surface area (Å²) in [5.41, 5.74) is 1.39. The van der Waals surface area contributed by atoms with Gasteiger partial charge in [0.1, 0.15) is 11.4 Å². The molecule has 0 spiro atoms. The number of carbonyl (C=O) groups is 2. The lowest BCUT2D eigenvalue weighted by atomic mass is 10.00. The van der Waals surface area contributed by atoms with Crippen molar-refractivity contribution >= 4 is 39.5 Å². The van der Waals surface area contributed by atoms with E-state index in [4.69, 9.17) is 9.47 Å². The van der Waals surface area contributed by atoms with Gasteiger partial charge in [0.05, 0.1) is 13.7 Å². The second-order valence-corrected chi connectivity index (χ2v) is 5.63. The van der Waals surface area contributed by atoms with Crippen LogP contribution in [0.2, 0.25) is 0 Å². The molecule has 1 aromatic carbocycles. The molecule has 22 heavy (non-hydrogen) atoms. The molecule has 1 unspecified atom stereocenters. The molecule has 0 fully saturated rings. The lowest BCUT2D eigenvalue weighted by Gasteiger charge is -2.07. The predicted molar refractivity (Wildman–Crippen MR) is 86.9 cm³/mol. The van der Waals surface area contributed by atoms with Gasteiger partial charge in [-0.15, -0.1) is 0 Å². The van der Waals surface area contributed by atoms with Crippen molar-refractivity contribution in [1.82, 2.24) is 0 Å². The Morgan fingerprint density at radius 2 is 2.18 bits per heavy atom. The second kappa shape index (κ2) is 6.87. The molecule has 0 saturated heterocycles. The summed E-state index contributed by atoms with van der Waals surface area (Å²) in [5.74, 6) is -1.23. The normalized spacial score (nSPS) is 19.3. The molecule has 2 rings (SSSR count). The lowest BCUT2D eigenvalue weighted by molar-refractivity contribution is -0.147. The average molecular weight is 366 g/mol. The van der Waals surface area contributed by atoms with Crippen molar-refractivity contribution in [2.75, 3.05) is 13.7 Å². The first-order valence-corrected chi connectivity index (χ1v) is 7.58. The SMILES string of the molecule is CCOC(=O)C1C(=O)/C(=C\c2cc(Br)ccc2OC)N=C1C. The Labute approximate surface area is 137 Å². The Bertz CT molecular complexity index is 679. The smallest absolute Gasteiger partial charge is 0.322 e. The molecule has 0 radical (unpaired) electrons. The summed E-state index contributed by atoms with van der Waals surface area (Å²) >= 11 is 3.38. The molecule has 5 nitrogen and oxygen atoms in total. The molecule has 0 N–H and O–H groups in total. The van der Waals surface area contributed by atoms with E-state index in [0.29, 0.717) is 17.0 Å². The van der Waals surface area contributed by atoms with Crippen LogP contribution in [0, 0.1) is 5.92 Å². The molecule has 1 heterocycles. The van der Waals surface area contributed by atoms with Crippen molar-refractivity contribution in [3.8, 4) is 5.75 Å². The minimum atomic E-state index is -0.940. The Morgan fingerprint density at radius 1 is 1.45 bits per heavy atom. The van der Waals surface area contributed by atoms with Crippen LogP contribution >= 0.6 is 15.9 Å². The van der Waals surface area contributed by atoms with Gasteiger partial charge in [-0.1, -0.05) is 15.9 Å². The van der Waals surface area contributed by atoms with Crippen LogP contribution in [0.15, 0.2) is 33.4 Å². The third-order valence-corrected chi connectivity index (χ3v) is 3.73. The number of esters is 1. The standard InChI is InChI=1S/C16H16BrNO4/c1-4-22-16(20)14-9(2)18-12(15(14)19)8-10-7-11(17)5-6-13(10)21-3/h5-8,14H,4H2,1-3H3/b12-8+. The molecule has 1 atom stereocenters. The van der Waals surface area contributed by atoms with Gasteiger partial charge in [-0.2, -0.15) is 0 Å². The Kier molecular flexibility index (Phi) is 5.13. The molecule has 6 heteroatoms. The number of hydrogen-bond acceptors (Lipinski definition) is 5. The second-order valence-electron chi connectivity index (χ2n) is 4.72. The lowest BCUT2D eigenvalue weighted by Crippen LogP contribution is -2.28. The summed E-state index contributed by atoms with van der Waals surface area (Å²) in [6, 6.07) is 5.45. The summed E-state index contributed by atoms with van der Waals surface area (Å²) < 4.78 is 11.1. The van der Waals surface area contributed by atoms with Crippen molar-refractivity contribution in [2.45, 2.75) is 13.8 Å². The zero-order valence-electron chi connectivity index (χ0n) is 12.6. The topological polar surface area (TPSA) is 65.0 Å². The number of benzene rings is 1. The minimum absolute atomic E-state index is 0.229. The minimum Gasteiger partial charge on any atom is -0.496 e. The first-order valence-electron chi connectivity index (χ1n) is 6.79. The molecule has 0 aromatic heterocycles. The first kappa shape index (κ1) is 16.4. The van der Waals surface area contributed by atoms with E-state index in [2.05, 4.69) is 20.9 Å². The van der Waals surface area contributed by atoms with Gasteiger partial charge in [0, 0.05) is 15.7 Å². The summed E-state index contributed by atoms with van der Waals surface area (Å²) in [5, 5.41) is 0. The maximum atomic E-state index is 12.4. The largest absolute Gasteiger partial charge is 0.496 e. The number of hydrogen-bond donors (Lipinski definition) is 0. The summed E-state index contributed by atoms with van der Waals surface area (Å²) in [6.45, 7) is 3.58. The Balaban J connectivity index is 2.37. The molecule has 1 aliphatic rings. The van der Waals surface area contributed by atoms with Crippen LogP contribution in [0.5, 0.6) is 5.75 Å². The molecule has 0 amide bonds. The van der Waals surface area contributed by atoms with Gasteiger partial charge in [-0.05, 0) is 38.1 Å². The van der Waals surface area contributed by atoms with E-state index in [1.807, 2.05) is 12.1 Å². The first-order chi connectivity index (χ1) is 10.5. The van der Waals surface area contributed by atoms with E-state index in [-0.39, 0.29) is 18.1 Å². The van der Waals surface area contributed by atoms with Gasteiger partial charge in [0.15, 0.2) is 5.92 Å². The predicted octanol–water partition coefficient (Wildman–Crippen LogP) is 3.02. The summed E-state index contributed by atoms with van der Waals surface area (Å²) in [6.07, 6.45) is 1.62. The fraction of sp³-hybridized carbons (Fsp3) is 0.312. The van der Waals surface area contributed by atoms with Crippen molar-refractivity contribution < 1.29 is 19.1 Å². The van der Waals surface area contributed by atoms with Crippen LogP contribution in [-0.4, -0.2) is 31.2 Å². The number of ketones is 1. The van der Waals surface area contributed by atoms with Gasteiger partial charge in [0.25, 0.3) is 0 Å². The highest BCUT2D eigenvalue weighted by Gasteiger charge is 2.38. The molecular weight excluding hydrogens is 350 g/mol. The maximum absolute atomic E-state index is 12.4. The summed E-state index contributed by atoms with van der Waals surface area (Å²) in [4.78, 5) is 28.5. The number of ether oxygens (including phenoxy) is 2. The third kappa shape index (κ3) is 3.27. The fourth-order valence-corrected chi connectivity index (χ4v) is 2.60. The Hall–Kier alpha value is -1.95.